The van der Waals surface area contributed by atoms with Crippen LogP contribution in [0.1, 0.15) is 46.1 Å². The first-order valence-electron chi connectivity index (χ1n) is 8.37. The Labute approximate surface area is 159 Å². The van der Waals surface area contributed by atoms with Crippen LogP contribution in [0.25, 0.3) is 0 Å². The molecule has 5 nitrogen and oxygen atoms in total. The monoisotopic (exact) mass is 377 g/mol. The van der Waals surface area contributed by atoms with Crippen molar-refractivity contribution in [1.82, 2.24) is 0 Å². The van der Waals surface area contributed by atoms with E-state index in [0.29, 0.717) is 22.0 Å². The van der Waals surface area contributed by atoms with Crippen molar-refractivity contribution in [3.63, 3.8) is 0 Å². The van der Waals surface area contributed by atoms with Gasteiger partial charge in [0, 0.05) is 22.3 Å². The van der Waals surface area contributed by atoms with Crippen LogP contribution in [0.15, 0.2) is 40.5 Å². The molecule has 2 rings (SSSR count). The number of benzene rings is 1. The van der Waals surface area contributed by atoms with Gasteiger partial charge in [0.05, 0.1) is 12.7 Å². The minimum atomic E-state index is -0.701. The number of halogens is 1. The smallest absolute Gasteiger partial charge is 0.337 e. The molecule has 0 amide bonds. The van der Waals surface area contributed by atoms with Gasteiger partial charge in [-0.2, -0.15) is 0 Å². The van der Waals surface area contributed by atoms with Gasteiger partial charge >= 0.3 is 11.9 Å². The summed E-state index contributed by atoms with van der Waals surface area (Å²) in [7, 11) is 1.33. The minimum Gasteiger partial charge on any atom is -0.468 e. The molecule has 6 heteroatoms. The lowest BCUT2D eigenvalue weighted by molar-refractivity contribution is -0.150. The van der Waals surface area contributed by atoms with E-state index in [4.69, 9.17) is 21.1 Å². The highest BCUT2D eigenvalue weighted by molar-refractivity contribution is 6.30. The number of hydrogen-bond acceptors (Lipinski definition) is 5. The SMILES string of the molecule is COC(=O)C1C(C)=NC(C)=C(C(=O)OC(C)(C)C)C1c1ccc(Cl)cc1. The van der Waals surface area contributed by atoms with Gasteiger partial charge in [-0.05, 0) is 52.3 Å². The first-order valence-corrected chi connectivity index (χ1v) is 8.75. The number of carbonyl (C=O) groups is 2. The molecular weight excluding hydrogens is 354 g/mol. The highest BCUT2D eigenvalue weighted by Gasteiger charge is 2.42. The zero-order valence-corrected chi connectivity index (χ0v) is 16.7. The first-order chi connectivity index (χ1) is 12.0. The third-order valence-electron chi connectivity index (χ3n) is 4.13. The second-order valence-electron chi connectivity index (χ2n) is 7.28. The number of carbonyl (C=O) groups excluding carboxylic acids is 2. The highest BCUT2D eigenvalue weighted by Crippen LogP contribution is 2.40. The fourth-order valence-electron chi connectivity index (χ4n) is 3.10. The first kappa shape index (κ1) is 20.2. The van der Waals surface area contributed by atoms with Gasteiger partial charge in [0.25, 0.3) is 0 Å². The van der Waals surface area contributed by atoms with E-state index in [1.807, 2.05) is 0 Å². The lowest BCUT2D eigenvalue weighted by Gasteiger charge is -2.32. The predicted molar refractivity (Wildman–Crippen MR) is 101 cm³/mol. The van der Waals surface area contributed by atoms with Gasteiger partial charge < -0.3 is 9.47 Å². The van der Waals surface area contributed by atoms with Crippen molar-refractivity contribution in [1.29, 1.82) is 0 Å². The second-order valence-corrected chi connectivity index (χ2v) is 7.72. The van der Waals surface area contributed by atoms with Crippen LogP contribution in [0.5, 0.6) is 0 Å². The molecule has 1 aliphatic heterocycles. The van der Waals surface area contributed by atoms with Crippen molar-refractivity contribution in [3.05, 3.63) is 46.1 Å². The van der Waals surface area contributed by atoms with Crippen molar-refractivity contribution < 1.29 is 19.1 Å². The zero-order valence-electron chi connectivity index (χ0n) is 15.9. The molecule has 140 valence electrons. The summed E-state index contributed by atoms with van der Waals surface area (Å²) in [6.07, 6.45) is 0. The Kier molecular flexibility index (Phi) is 5.91. The van der Waals surface area contributed by atoms with Crippen molar-refractivity contribution in [3.8, 4) is 0 Å². The number of methoxy groups -OCH3 is 1. The summed E-state index contributed by atoms with van der Waals surface area (Å²) in [5.41, 5.74) is 1.62. The third-order valence-corrected chi connectivity index (χ3v) is 4.38. The Bertz CT molecular complexity index is 772. The fourth-order valence-corrected chi connectivity index (χ4v) is 3.22. The molecule has 26 heavy (non-hydrogen) atoms. The number of rotatable bonds is 3. The average Bonchev–Trinajstić information content (AvgIpc) is 2.52. The summed E-state index contributed by atoms with van der Waals surface area (Å²) in [6, 6.07) is 7.07. The van der Waals surface area contributed by atoms with Gasteiger partial charge in [-0.3, -0.25) is 9.79 Å². The van der Waals surface area contributed by atoms with E-state index in [1.54, 1.807) is 58.9 Å². The van der Waals surface area contributed by atoms with Crippen LogP contribution in [0, 0.1) is 5.92 Å². The zero-order chi connectivity index (χ0) is 19.6. The summed E-state index contributed by atoms with van der Waals surface area (Å²) in [5.74, 6) is -2.18. The summed E-state index contributed by atoms with van der Waals surface area (Å²) >= 11 is 6.00. The Balaban J connectivity index is 2.62. The molecule has 0 aromatic heterocycles. The van der Waals surface area contributed by atoms with Crippen molar-refractivity contribution in [2.45, 2.75) is 46.1 Å². The van der Waals surface area contributed by atoms with E-state index in [1.165, 1.54) is 7.11 Å². The predicted octanol–water partition coefficient (Wildman–Crippen LogP) is 4.30. The van der Waals surface area contributed by atoms with Gasteiger partial charge in [0.15, 0.2) is 0 Å². The van der Waals surface area contributed by atoms with E-state index in [-0.39, 0.29) is 0 Å². The summed E-state index contributed by atoms with van der Waals surface area (Å²) in [4.78, 5) is 29.8. The van der Waals surface area contributed by atoms with Crippen molar-refractivity contribution in [2.75, 3.05) is 7.11 Å². The number of aliphatic imine (C=N–C) groups is 1. The molecule has 0 bridgehead atoms. The molecule has 1 aromatic rings. The van der Waals surface area contributed by atoms with E-state index < -0.39 is 29.4 Å². The summed E-state index contributed by atoms with van der Waals surface area (Å²) < 4.78 is 10.6. The van der Waals surface area contributed by atoms with E-state index >= 15 is 0 Å². The largest absolute Gasteiger partial charge is 0.468 e. The van der Waals surface area contributed by atoms with Crippen molar-refractivity contribution in [2.24, 2.45) is 10.9 Å². The third kappa shape index (κ3) is 4.33. The molecule has 0 aliphatic carbocycles. The average molecular weight is 378 g/mol. The van der Waals surface area contributed by atoms with Gasteiger partial charge in [0.1, 0.15) is 11.5 Å². The molecule has 0 radical (unpaired) electrons. The molecule has 0 saturated heterocycles. The summed E-state index contributed by atoms with van der Waals surface area (Å²) in [6.45, 7) is 8.91. The maximum Gasteiger partial charge on any atom is 0.337 e. The standard InChI is InChI=1S/C20H24ClNO4/c1-11-15(18(23)25-6)17(13-7-9-14(21)10-8-13)16(12(2)22-11)19(24)26-20(3,4)5/h7-10,15,17H,1-6H3. The maximum atomic E-state index is 12.9. The van der Waals surface area contributed by atoms with Crippen LogP contribution in [0.4, 0.5) is 0 Å². The second kappa shape index (κ2) is 7.62. The molecule has 2 unspecified atom stereocenters. The van der Waals surface area contributed by atoms with Gasteiger partial charge in [-0.15, -0.1) is 0 Å². The number of allylic oxidation sites excluding steroid dienone is 1. The van der Waals surface area contributed by atoms with Crippen LogP contribution in [-0.2, 0) is 19.1 Å². The normalized spacial score (nSPS) is 20.5. The molecule has 1 aliphatic rings. The fraction of sp³-hybridized carbons (Fsp3) is 0.450. The van der Waals surface area contributed by atoms with Gasteiger partial charge in [-0.1, -0.05) is 23.7 Å². The molecule has 0 spiro atoms. The topological polar surface area (TPSA) is 65.0 Å². The number of esters is 2. The van der Waals surface area contributed by atoms with Crippen LogP contribution in [0.2, 0.25) is 5.02 Å². The Morgan fingerprint density at radius 3 is 2.19 bits per heavy atom. The van der Waals surface area contributed by atoms with Crippen LogP contribution < -0.4 is 0 Å². The van der Waals surface area contributed by atoms with E-state index in [2.05, 4.69) is 4.99 Å². The lowest BCUT2D eigenvalue weighted by Crippen LogP contribution is -2.37. The molecule has 0 saturated carbocycles. The van der Waals surface area contributed by atoms with E-state index in [0.717, 1.165) is 5.56 Å². The Morgan fingerprint density at radius 1 is 1.12 bits per heavy atom. The lowest BCUT2D eigenvalue weighted by atomic mass is 9.75. The molecule has 1 heterocycles. The number of hydrogen-bond donors (Lipinski definition) is 0. The van der Waals surface area contributed by atoms with Crippen LogP contribution in [0.3, 0.4) is 0 Å². The Hall–Kier alpha value is -2.14. The van der Waals surface area contributed by atoms with E-state index in [9.17, 15) is 9.59 Å². The molecule has 0 fully saturated rings. The van der Waals surface area contributed by atoms with Crippen molar-refractivity contribution >= 4 is 29.3 Å². The van der Waals surface area contributed by atoms with Gasteiger partial charge in [-0.25, -0.2) is 4.79 Å². The number of ether oxygens (including phenoxy) is 2. The Morgan fingerprint density at radius 2 is 1.69 bits per heavy atom. The number of nitrogens with zero attached hydrogens (tertiary/aromatic N) is 1. The highest BCUT2D eigenvalue weighted by atomic mass is 35.5. The quantitative estimate of drug-likeness (QED) is 0.736. The molecule has 1 aromatic carbocycles. The van der Waals surface area contributed by atoms with Crippen LogP contribution in [-0.4, -0.2) is 30.4 Å². The minimum absolute atomic E-state index is 0.364. The van der Waals surface area contributed by atoms with Gasteiger partial charge in [0.2, 0.25) is 0 Å². The van der Waals surface area contributed by atoms with Crippen LogP contribution >= 0.6 is 11.6 Å². The maximum absolute atomic E-state index is 12.9. The molecule has 2 atom stereocenters. The molecular formula is C20H24ClNO4. The molecule has 0 N–H and O–H groups in total. The summed E-state index contributed by atoms with van der Waals surface area (Å²) in [5, 5.41) is 0.573.